The summed E-state index contributed by atoms with van der Waals surface area (Å²) in [5, 5.41) is 9.83. The van der Waals surface area contributed by atoms with Crippen LogP contribution in [-0.2, 0) is 11.2 Å². The van der Waals surface area contributed by atoms with Crippen LogP contribution in [-0.4, -0.2) is 15.3 Å². The summed E-state index contributed by atoms with van der Waals surface area (Å²) in [5.41, 5.74) is 0.178. The van der Waals surface area contributed by atoms with Gasteiger partial charge in [-0.3, -0.25) is 4.79 Å². The molecule has 1 aromatic heterocycles. The van der Waals surface area contributed by atoms with Crippen molar-refractivity contribution in [2.24, 2.45) is 5.41 Å². The molecule has 2 aromatic rings. The number of carbonyl (C=O) groups excluding carboxylic acids is 1. The molecule has 24 heavy (non-hydrogen) atoms. The number of aromatic nitrogens is 2. The number of rotatable bonds is 9. The molecule has 0 saturated carbocycles. The number of ketones is 1. The van der Waals surface area contributed by atoms with E-state index >= 15 is 0 Å². The fourth-order valence-electron chi connectivity index (χ4n) is 3.34. The van der Waals surface area contributed by atoms with Gasteiger partial charge in [0.1, 0.15) is 5.41 Å². The zero-order valence-corrected chi connectivity index (χ0v) is 14.5. The Morgan fingerprint density at radius 3 is 2.42 bits per heavy atom. The fraction of sp³-hybridized carbons (Fsp3) is 0.450. The first kappa shape index (κ1) is 17.9. The van der Waals surface area contributed by atoms with Crippen molar-refractivity contribution in [2.75, 3.05) is 0 Å². The van der Waals surface area contributed by atoms with Crippen molar-refractivity contribution in [3.63, 3.8) is 0 Å². The predicted octanol–water partition coefficient (Wildman–Crippen LogP) is 4.35. The highest BCUT2D eigenvalue weighted by Crippen LogP contribution is 2.35. The Balaban J connectivity index is 2.38. The van der Waals surface area contributed by atoms with Crippen molar-refractivity contribution in [1.82, 2.24) is 9.55 Å². The van der Waals surface area contributed by atoms with Gasteiger partial charge < -0.3 is 4.57 Å². The van der Waals surface area contributed by atoms with E-state index in [-0.39, 0.29) is 5.78 Å². The maximum atomic E-state index is 13.4. The zero-order chi connectivity index (χ0) is 17.4. The molecule has 4 heteroatoms. The number of benzene rings is 1. The number of hydrogen-bond donors (Lipinski definition) is 0. The second-order valence-corrected chi connectivity index (χ2v) is 6.27. The molecule has 1 atom stereocenters. The third-order valence-electron chi connectivity index (χ3n) is 4.50. The number of hydrogen-bond acceptors (Lipinski definition) is 3. The Morgan fingerprint density at radius 1 is 1.25 bits per heavy atom. The van der Waals surface area contributed by atoms with E-state index in [1.54, 1.807) is 12.5 Å². The maximum Gasteiger partial charge on any atom is 0.176 e. The highest BCUT2D eigenvalue weighted by Gasteiger charge is 2.41. The van der Waals surface area contributed by atoms with Gasteiger partial charge >= 0.3 is 0 Å². The van der Waals surface area contributed by atoms with E-state index in [1.165, 1.54) is 0 Å². The summed E-state index contributed by atoms with van der Waals surface area (Å²) in [4.78, 5) is 17.5. The second-order valence-electron chi connectivity index (χ2n) is 6.27. The second kappa shape index (κ2) is 8.44. The van der Waals surface area contributed by atoms with E-state index < -0.39 is 11.5 Å². The predicted molar refractivity (Wildman–Crippen MR) is 94.3 cm³/mol. The molecule has 0 N–H and O–H groups in total. The lowest BCUT2D eigenvalue weighted by Gasteiger charge is -2.29. The summed E-state index contributed by atoms with van der Waals surface area (Å²) < 4.78 is 1.84. The molecule has 1 aromatic carbocycles. The van der Waals surface area contributed by atoms with Crippen molar-refractivity contribution < 1.29 is 4.79 Å². The minimum absolute atomic E-state index is 0.00977. The zero-order valence-electron chi connectivity index (χ0n) is 14.5. The van der Waals surface area contributed by atoms with Crippen molar-refractivity contribution in [2.45, 2.75) is 52.0 Å². The van der Waals surface area contributed by atoms with Gasteiger partial charge in [0.15, 0.2) is 5.78 Å². The molecule has 1 unspecified atom stereocenters. The highest BCUT2D eigenvalue weighted by molar-refractivity contribution is 5.91. The minimum Gasteiger partial charge on any atom is -0.327 e. The average Bonchev–Trinajstić information content (AvgIpc) is 3.14. The molecule has 0 aliphatic rings. The Kier molecular flexibility index (Phi) is 6.31. The van der Waals surface area contributed by atoms with Crippen molar-refractivity contribution >= 4 is 5.78 Å². The van der Waals surface area contributed by atoms with Gasteiger partial charge in [-0.05, 0) is 18.4 Å². The Labute approximate surface area is 144 Å². The molecule has 0 aliphatic heterocycles. The number of nitriles is 1. The molecular formula is C20H25N3O. The third kappa shape index (κ3) is 3.91. The summed E-state index contributed by atoms with van der Waals surface area (Å²) >= 11 is 0. The van der Waals surface area contributed by atoms with Gasteiger partial charge in [-0.15, -0.1) is 0 Å². The topological polar surface area (TPSA) is 58.7 Å². The van der Waals surface area contributed by atoms with Crippen LogP contribution in [0.4, 0.5) is 0 Å². The van der Waals surface area contributed by atoms with Crippen LogP contribution >= 0.6 is 0 Å². The molecule has 1 heterocycles. The van der Waals surface area contributed by atoms with E-state index in [4.69, 9.17) is 0 Å². The van der Waals surface area contributed by atoms with Gasteiger partial charge in [0, 0.05) is 18.8 Å². The Hall–Kier alpha value is -2.41. The molecule has 0 radical (unpaired) electrons. The molecular weight excluding hydrogens is 298 g/mol. The minimum atomic E-state index is -0.910. The number of carbonyl (C=O) groups is 1. The average molecular weight is 323 g/mol. The molecule has 2 rings (SSSR count). The Bertz CT molecular complexity index is 665. The van der Waals surface area contributed by atoms with Gasteiger partial charge in [-0.1, -0.05) is 57.0 Å². The van der Waals surface area contributed by atoms with Crippen LogP contribution in [0.5, 0.6) is 0 Å². The lowest BCUT2D eigenvalue weighted by molar-refractivity contribution is -0.130. The smallest absolute Gasteiger partial charge is 0.176 e. The summed E-state index contributed by atoms with van der Waals surface area (Å²) in [7, 11) is 0. The van der Waals surface area contributed by atoms with Crippen molar-refractivity contribution in [3.8, 4) is 6.07 Å². The quantitative estimate of drug-likeness (QED) is 0.689. The standard InChI is InChI=1S/C20H25N3O/c1-3-10-20(15-21,11-4-2)19(24)18(23-13-12-22-16-23)14-17-8-6-5-7-9-17/h5-9,12-13,16,18H,3-4,10-11,14H2,1-2H3. The maximum absolute atomic E-state index is 13.4. The van der Waals surface area contributed by atoms with Gasteiger partial charge in [0.25, 0.3) is 0 Å². The summed E-state index contributed by atoms with van der Waals surface area (Å²) in [6.07, 6.45) is 8.60. The van der Waals surface area contributed by atoms with Crippen LogP contribution in [0.3, 0.4) is 0 Å². The van der Waals surface area contributed by atoms with Crippen LogP contribution in [0.2, 0.25) is 0 Å². The summed E-state index contributed by atoms with van der Waals surface area (Å²) in [5.74, 6) is 0.00977. The normalized spacial score (nSPS) is 12.5. The Morgan fingerprint density at radius 2 is 1.92 bits per heavy atom. The van der Waals surface area contributed by atoms with Crippen molar-refractivity contribution in [1.29, 1.82) is 5.26 Å². The molecule has 4 nitrogen and oxygen atoms in total. The fourth-order valence-corrected chi connectivity index (χ4v) is 3.34. The van der Waals surface area contributed by atoms with E-state index in [2.05, 4.69) is 11.1 Å². The monoisotopic (exact) mass is 323 g/mol. The molecule has 126 valence electrons. The molecule has 0 fully saturated rings. The number of nitrogens with zero attached hydrogens (tertiary/aromatic N) is 3. The lowest BCUT2D eigenvalue weighted by atomic mass is 9.73. The van der Waals surface area contributed by atoms with Crippen LogP contribution < -0.4 is 0 Å². The summed E-state index contributed by atoms with van der Waals surface area (Å²) in [6, 6.07) is 11.9. The third-order valence-corrected chi connectivity index (χ3v) is 4.50. The van der Waals surface area contributed by atoms with Gasteiger partial charge in [0.05, 0.1) is 18.4 Å². The van der Waals surface area contributed by atoms with Gasteiger partial charge in [-0.25, -0.2) is 4.98 Å². The van der Waals surface area contributed by atoms with Crippen LogP contribution in [0.25, 0.3) is 0 Å². The van der Waals surface area contributed by atoms with Crippen molar-refractivity contribution in [3.05, 3.63) is 54.6 Å². The number of Topliss-reactive ketones (excluding diaryl/α,β-unsaturated/α-hetero) is 1. The largest absolute Gasteiger partial charge is 0.327 e. The van der Waals surface area contributed by atoms with Gasteiger partial charge in [0.2, 0.25) is 0 Å². The summed E-state index contributed by atoms with van der Waals surface area (Å²) in [6.45, 7) is 4.05. The van der Waals surface area contributed by atoms with Gasteiger partial charge in [-0.2, -0.15) is 5.26 Å². The lowest BCUT2D eigenvalue weighted by Crippen LogP contribution is -2.37. The van der Waals surface area contributed by atoms with E-state index in [0.29, 0.717) is 19.3 Å². The molecule has 0 amide bonds. The molecule has 0 saturated heterocycles. The highest BCUT2D eigenvalue weighted by atomic mass is 16.1. The van der Waals surface area contributed by atoms with Crippen LogP contribution in [0, 0.1) is 16.7 Å². The molecule has 0 aliphatic carbocycles. The molecule has 0 spiro atoms. The first-order valence-electron chi connectivity index (χ1n) is 8.63. The van der Waals surface area contributed by atoms with Crippen LogP contribution in [0.1, 0.15) is 51.1 Å². The van der Waals surface area contributed by atoms with E-state index in [9.17, 15) is 10.1 Å². The van der Waals surface area contributed by atoms with E-state index in [0.717, 1.165) is 18.4 Å². The van der Waals surface area contributed by atoms with Crippen LogP contribution in [0.15, 0.2) is 49.1 Å². The first-order chi connectivity index (χ1) is 11.7. The first-order valence-corrected chi connectivity index (χ1v) is 8.63. The molecule has 0 bridgehead atoms. The SMILES string of the molecule is CCCC(C#N)(CCC)C(=O)C(Cc1ccccc1)n1ccnc1. The van der Waals surface area contributed by atoms with E-state index in [1.807, 2.05) is 54.9 Å². The number of imidazole rings is 1.